The highest BCUT2D eigenvalue weighted by Gasteiger charge is 2.37. The van der Waals surface area contributed by atoms with Gasteiger partial charge < -0.3 is 24.6 Å². The van der Waals surface area contributed by atoms with Crippen LogP contribution in [0.5, 0.6) is 0 Å². The van der Waals surface area contributed by atoms with Crippen molar-refractivity contribution in [1.29, 1.82) is 0 Å². The Labute approximate surface area is 156 Å². The molecule has 1 heterocycles. The Morgan fingerprint density at radius 2 is 1.96 bits per heavy atom. The largest absolute Gasteiger partial charge is 0.462 e. The Morgan fingerprint density at radius 3 is 2.50 bits per heavy atom. The zero-order valence-corrected chi connectivity index (χ0v) is 16.7. The van der Waals surface area contributed by atoms with Crippen LogP contribution in [0.25, 0.3) is 0 Å². The number of ether oxygens (including phenoxy) is 2. The molecule has 0 bridgehead atoms. The molecule has 0 aliphatic carbocycles. The summed E-state index contributed by atoms with van der Waals surface area (Å²) in [6.45, 7) is 8.11. The molecule has 1 rings (SSSR count). The van der Waals surface area contributed by atoms with E-state index >= 15 is 0 Å². The van der Waals surface area contributed by atoms with Gasteiger partial charge in [-0.05, 0) is 46.0 Å². The molecule has 8 nitrogen and oxygen atoms in total. The van der Waals surface area contributed by atoms with Crippen molar-refractivity contribution in [2.75, 3.05) is 26.8 Å². The minimum Gasteiger partial charge on any atom is -0.462 e. The van der Waals surface area contributed by atoms with Crippen LogP contribution < -0.4 is 5.73 Å². The third-order valence-corrected chi connectivity index (χ3v) is 4.96. The lowest BCUT2D eigenvalue weighted by Gasteiger charge is -2.41. The topological polar surface area (TPSA) is 118 Å². The average Bonchev–Trinajstić information content (AvgIpc) is 2.55. The third-order valence-electron chi connectivity index (χ3n) is 4.96. The van der Waals surface area contributed by atoms with Crippen molar-refractivity contribution in [3.05, 3.63) is 0 Å². The van der Waals surface area contributed by atoms with Crippen molar-refractivity contribution < 1.29 is 24.5 Å². The number of carbonyl (C=O) groups excluding carboxylic acids is 1. The highest BCUT2D eigenvalue weighted by Crippen LogP contribution is 2.32. The molecule has 26 heavy (non-hydrogen) atoms. The number of hydrogen-bond donors (Lipinski definition) is 3. The van der Waals surface area contributed by atoms with E-state index in [4.69, 9.17) is 20.3 Å². The number of amides is 2. The van der Waals surface area contributed by atoms with Crippen molar-refractivity contribution in [1.82, 2.24) is 4.90 Å². The summed E-state index contributed by atoms with van der Waals surface area (Å²) >= 11 is 0. The van der Waals surface area contributed by atoms with Crippen LogP contribution in [0.4, 0.5) is 4.79 Å². The second kappa shape index (κ2) is 9.64. The SMILES string of the molecule is CC(CCC(N)OC1=NC(=O)N(C)CC1)C(C)(CO)OC(C)(C)CCO. The van der Waals surface area contributed by atoms with Gasteiger partial charge in [0, 0.05) is 26.6 Å². The van der Waals surface area contributed by atoms with E-state index in [9.17, 15) is 9.90 Å². The Bertz CT molecular complexity index is 497. The molecule has 0 spiro atoms. The minimum atomic E-state index is -0.751. The summed E-state index contributed by atoms with van der Waals surface area (Å²) in [5, 5.41) is 19.0. The Balaban J connectivity index is 2.55. The fourth-order valence-corrected chi connectivity index (χ4v) is 2.89. The normalized spacial score (nSPS) is 20.4. The molecule has 8 heteroatoms. The van der Waals surface area contributed by atoms with Crippen molar-refractivity contribution in [2.24, 2.45) is 16.6 Å². The van der Waals surface area contributed by atoms with Crippen LogP contribution in [0.2, 0.25) is 0 Å². The molecule has 4 N–H and O–H groups in total. The van der Waals surface area contributed by atoms with E-state index < -0.39 is 17.4 Å². The van der Waals surface area contributed by atoms with E-state index in [1.54, 1.807) is 7.05 Å². The van der Waals surface area contributed by atoms with Crippen LogP contribution >= 0.6 is 0 Å². The van der Waals surface area contributed by atoms with Gasteiger partial charge in [0.2, 0.25) is 0 Å². The molecule has 1 aliphatic heterocycles. The van der Waals surface area contributed by atoms with Gasteiger partial charge in [-0.3, -0.25) is 5.73 Å². The summed E-state index contributed by atoms with van der Waals surface area (Å²) in [5.41, 5.74) is 4.74. The first-order chi connectivity index (χ1) is 12.0. The zero-order chi connectivity index (χ0) is 20.0. The monoisotopic (exact) mass is 373 g/mol. The smallest absolute Gasteiger partial charge is 0.346 e. The highest BCUT2D eigenvalue weighted by molar-refractivity contribution is 5.92. The summed E-state index contributed by atoms with van der Waals surface area (Å²) in [6, 6.07) is -0.320. The number of aliphatic imine (C=N–C) groups is 1. The number of urea groups is 1. The molecule has 152 valence electrons. The summed E-state index contributed by atoms with van der Waals surface area (Å²) < 4.78 is 11.7. The number of carbonyl (C=O) groups is 1. The summed E-state index contributed by atoms with van der Waals surface area (Å²) in [6.07, 6.45) is 1.69. The lowest BCUT2D eigenvalue weighted by molar-refractivity contribution is -0.181. The second-order valence-electron chi connectivity index (χ2n) is 7.90. The van der Waals surface area contributed by atoms with Crippen LogP contribution in [-0.4, -0.2) is 71.3 Å². The van der Waals surface area contributed by atoms with Gasteiger partial charge in [0.1, 0.15) is 6.23 Å². The van der Waals surface area contributed by atoms with Crippen LogP contribution in [-0.2, 0) is 9.47 Å². The summed E-state index contributed by atoms with van der Waals surface area (Å²) in [4.78, 5) is 17.0. The summed E-state index contributed by atoms with van der Waals surface area (Å²) in [5.74, 6) is 0.389. The molecule has 1 aliphatic rings. The number of aliphatic hydroxyl groups is 2. The molecular formula is C18H35N3O5. The fraction of sp³-hybridized carbons (Fsp3) is 0.889. The number of rotatable bonds is 10. The van der Waals surface area contributed by atoms with Crippen molar-refractivity contribution in [3.63, 3.8) is 0 Å². The van der Waals surface area contributed by atoms with Crippen LogP contribution in [0.3, 0.4) is 0 Å². The molecule has 2 amide bonds. The van der Waals surface area contributed by atoms with Crippen molar-refractivity contribution in [2.45, 2.75) is 70.8 Å². The highest BCUT2D eigenvalue weighted by atomic mass is 16.5. The third kappa shape index (κ3) is 6.83. The van der Waals surface area contributed by atoms with Crippen molar-refractivity contribution in [3.8, 4) is 0 Å². The lowest BCUT2D eigenvalue weighted by Crippen LogP contribution is -2.47. The van der Waals surface area contributed by atoms with Crippen LogP contribution in [0.15, 0.2) is 4.99 Å². The molecule has 0 aromatic rings. The Morgan fingerprint density at radius 1 is 1.31 bits per heavy atom. The first kappa shape index (κ1) is 22.8. The predicted molar refractivity (Wildman–Crippen MR) is 99.9 cm³/mol. The molecule has 0 aromatic carbocycles. The van der Waals surface area contributed by atoms with Gasteiger partial charge in [0.25, 0.3) is 0 Å². The molecule has 0 radical (unpaired) electrons. The average molecular weight is 373 g/mol. The second-order valence-corrected chi connectivity index (χ2v) is 7.90. The van der Waals surface area contributed by atoms with Gasteiger partial charge in [0.15, 0.2) is 5.90 Å². The van der Waals surface area contributed by atoms with Crippen LogP contribution in [0.1, 0.15) is 53.4 Å². The molecule has 3 atom stereocenters. The van der Waals surface area contributed by atoms with E-state index in [-0.39, 0.29) is 25.2 Å². The van der Waals surface area contributed by atoms with E-state index in [1.807, 2.05) is 27.7 Å². The maximum Gasteiger partial charge on any atom is 0.346 e. The number of aliphatic hydroxyl groups excluding tert-OH is 2. The maximum absolute atomic E-state index is 11.6. The molecule has 3 unspecified atom stereocenters. The quantitative estimate of drug-likeness (QED) is 0.499. The van der Waals surface area contributed by atoms with Crippen molar-refractivity contribution >= 4 is 11.9 Å². The van der Waals surface area contributed by atoms with Gasteiger partial charge >= 0.3 is 6.03 Å². The molecule has 0 saturated carbocycles. The standard InChI is InChI=1S/C18H35N3O5/c1-13(18(4,12-23)26-17(2,3)9-11-22)6-7-14(19)25-15-8-10-21(5)16(24)20-15/h13-14,22-23H,6-12,19H2,1-5H3. The van der Waals surface area contributed by atoms with Gasteiger partial charge in [-0.15, -0.1) is 0 Å². The van der Waals surface area contributed by atoms with E-state index in [0.717, 1.165) is 0 Å². The summed E-state index contributed by atoms with van der Waals surface area (Å²) in [7, 11) is 1.69. The van der Waals surface area contributed by atoms with Gasteiger partial charge in [0.05, 0.1) is 17.8 Å². The van der Waals surface area contributed by atoms with E-state index in [1.165, 1.54) is 4.90 Å². The van der Waals surface area contributed by atoms with E-state index in [2.05, 4.69) is 4.99 Å². The van der Waals surface area contributed by atoms with Gasteiger partial charge in [-0.1, -0.05) is 6.92 Å². The Kier molecular flexibility index (Phi) is 8.46. The predicted octanol–water partition coefficient (Wildman–Crippen LogP) is 1.49. The number of hydrogen-bond acceptors (Lipinski definition) is 6. The molecule has 0 fully saturated rings. The minimum absolute atomic E-state index is 0.0150. The number of nitrogens with zero attached hydrogens (tertiary/aromatic N) is 2. The Hall–Kier alpha value is -1.22. The zero-order valence-electron chi connectivity index (χ0n) is 16.7. The molecule has 0 aromatic heterocycles. The lowest BCUT2D eigenvalue weighted by atomic mass is 9.86. The fourth-order valence-electron chi connectivity index (χ4n) is 2.89. The van der Waals surface area contributed by atoms with Gasteiger partial charge in [-0.25, -0.2) is 4.79 Å². The maximum atomic E-state index is 11.6. The molecule has 0 saturated heterocycles. The first-order valence-corrected chi connectivity index (χ1v) is 9.20. The van der Waals surface area contributed by atoms with Gasteiger partial charge in [-0.2, -0.15) is 4.99 Å². The molecular weight excluding hydrogens is 338 g/mol. The first-order valence-electron chi connectivity index (χ1n) is 9.20. The van der Waals surface area contributed by atoms with E-state index in [0.29, 0.717) is 38.1 Å². The number of nitrogens with two attached hydrogens (primary N) is 1. The van der Waals surface area contributed by atoms with Crippen LogP contribution in [0, 0.1) is 5.92 Å².